The Balaban J connectivity index is 1.60. The second kappa shape index (κ2) is 8.66. The van der Waals surface area contributed by atoms with Gasteiger partial charge in [0.1, 0.15) is 5.82 Å². The summed E-state index contributed by atoms with van der Waals surface area (Å²) in [5.74, 6) is 1.28. The first-order chi connectivity index (χ1) is 16.7. The highest BCUT2D eigenvalue weighted by Crippen LogP contribution is 2.60. The number of nitrogens with zero attached hydrogens (tertiary/aromatic N) is 3. The van der Waals surface area contributed by atoms with E-state index in [1.807, 2.05) is 0 Å². The van der Waals surface area contributed by atoms with Crippen LogP contribution in [0.4, 0.5) is 11.5 Å². The number of rotatable bonds is 5. The quantitative estimate of drug-likeness (QED) is 0.244. The summed E-state index contributed by atoms with van der Waals surface area (Å²) >= 11 is 0. The van der Waals surface area contributed by atoms with Crippen molar-refractivity contribution in [2.24, 2.45) is 0 Å². The highest BCUT2D eigenvalue weighted by Gasteiger charge is 2.38. The predicted molar refractivity (Wildman–Crippen MR) is 146 cm³/mol. The molecular weight excluding hydrogens is 433 g/mol. The Morgan fingerprint density at radius 1 is 0.559 bits per heavy atom. The largest absolute Gasteiger partial charge is 0.325 e. The molecule has 4 aromatic carbocycles. The predicted octanol–water partition coefficient (Wildman–Crippen LogP) is 8.29. The first kappa shape index (κ1) is 21.0. The molecule has 34 heavy (non-hydrogen) atoms. The van der Waals surface area contributed by atoms with Crippen LogP contribution in [0.25, 0.3) is 16.6 Å². The Labute approximate surface area is 203 Å². The molecule has 168 valence electrons. The van der Waals surface area contributed by atoms with Gasteiger partial charge in [0, 0.05) is 11.1 Å². The van der Waals surface area contributed by atoms with Gasteiger partial charge in [0.15, 0.2) is 0 Å². The van der Waals surface area contributed by atoms with Crippen molar-refractivity contribution in [1.29, 1.82) is 0 Å². The van der Waals surface area contributed by atoms with Crippen LogP contribution >= 0.6 is 8.88 Å². The van der Waals surface area contributed by atoms with Crippen molar-refractivity contribution in [3.05, 3.63) is 126 Å². The number of fused-ring (bicyclic) bond motifs is 3. The maximum Gasteiger partial charge on any atom is 0.143 e. The normalized spacial score (nSPS) is 15.6. The maximum absolute atomic E-state index is 2.60. The highest BCUT2D eigenvalue weighted by atomic mass is 31.1. The van der Waals surface area contributed by atoms with Crippen molar-refractivity contribution < 1.29 is 0 Å². The third kappa shape index (κ3) is 3.40. The number of aromatic nitrogens is 1. The minimum absolute atomic E-state index is 0.248. The van der Waals surface area contributed by atoms with E-state index in [1.165, 1.54) is 39.2 Å². The fraction of sp³-hybridized carbons (Fsp3) is 0.133. The van der Waals surface area contributed by atoms with Crippen molar-refractivity contribution in [2.75, 3.05) is 9.34 Å². The Kier molecular flexibility index (Phi) is 5.36. The number of anilines is 2. The van der Waals surface area contributed by atoms with E-state index in [0.717, 1.165) is 0 Å². The fourth-order valence-corrected chi connectivity index (χ4v) is 6.53. The summed E-state index contributed by atoms with van der Waals surface area (Å²) in [6.07, 6.45) is 0. The Hall–Kier alpha value is -3.55. The van der Waals surface area contributed by atoms with Gasteiger partial charge < -0.3 is 9.34 Å². The molecule has 4 heteroatoms. The summed E-state index contributed by atoms with van der Waals surface area (Å²) < 4.78 is 7.65. The molecule has 0 saturated carbocycles. The van der Waals surface area contributed by atoms with Crippen LogP contribution < -0.4 is 9.34 Å². The molecule has 1 aliphatic rings. The Morgan fingerprint density at radius 3 is 1.68 bits per heavy atom. The lowest BCUT2D eigenvalue weighted by Crippen LogP contribution is -2.21. The molecule has 0 amide bonds. The van der Waals surface area contributed by atoms with E-state index < -0.39 is 0 Å². The van der Waals surface area contributed by atoms with Crippen molar-refractivity contribution in [1.82, 2.24) is 4.57 Å². The van der Waals surface area contributed by atoms with Crippen molar-refractivity contribution in [3.63, 3.8) is 0 Å². The van der Waals surface area contributed by atoms with Crippen LogP contribution in [-0.4, -0.2) is 4.57 Å². The SMILES string of the molecule is C[C@@H](c1ccccc1)N1PN([C@@H](C)c2ccccc2)c2c1c1ccccc1n2-c1ccccc1. The van der Waals surface area contributed by atoms with Gasteiger partial charge in [0.05, 0.1) is 32.2 Å². The zero-order valence-electron chi connectivity index (χ0n) is 19.5. The van der Waals surface area contributed by atoms with E-state index in [4.69, 9.17) is 0 Å². The van der Waals surface area contributed by atoms with E-state index in [9.17, 15) is 0 Å². The molecule has 0 bridgehead atoms. The second-order valence-corrected chi connectivity index (χ2v) is 10.0. The van der Waals surface area contributed by atoms with Gasteiger partial charge in [0.25, 0.3) is 0 Å². The summed E-state index contributed by atoms with van der Waals surface area (Å²) in [5, 5.41) is 1.30. The van der Waals surface area contributed by atoms with Gasteiger partial charge in [-0.25, -0.2) is 0 Å². The van der Waals surface area contributed by atoms with E-state index in [2.05, 4.69) is 143 Å². The maximum atomic E-state index is 2.60. The van der Waals surface area contributed by atoms with Crippen LogP contribution in [0, 0.1) is 0 Å². The summed E-state index contributed by atoms with van der Waals surface area (Å²) in [7, 11) is 0.515. The lowest BCUT2D eigenvalue weighted by Gasteiger charge is -2.31. The van der Waals surface area contributed by atoms with E-state index in [0.29, 0.717) is 8.88 Å². The molecule has 1 aliphatic heterocycles. The third-order valence-electron chi connectivity index (χ3n) is 6.86. The van der Waals surface area contributed by atoms with E-state index in [-0.39, 0.29) is 12.1 Å². The smallest absolute Gasteiger partial charge is 0.143 e. The third-order valence-corrected chi connectivity index (χ3v) is 8.50. The minimum atomic E-state index is 0.248. The number of hydrogen-bond acceptors (Lipinski definition) is 2. The minimum Gasteiger partial charge on any atom is -0.325 e. The molecule has 1 unspecified atom stereocenters. The van der Waals surface area contributed by atoms with Gasteiger partial charge in [-0.3, -0.25) is 4.57 Å². The average molecular weight is 462 g/mol. The van der Waals surface area contributed by atoms with Gasteiger partial charge in [-0.2, -0.15) is 0 Å². The van der Waals surface area contributed by atoms with E-state index in [1.54, 1.807) is 0 Å². The summed E-state index contributed by atoms with van der Waals surface area (Å²) in [5.41, 5.74) is 6.45. The molecule has 6 rings (SSSR count). The monoisotopic (exact) mass is 461 g/mol. The summed E-state index contributed by atoms with van der Waals surface area (Å²) in [6, 6.07) is 41.9. The highest BCUT2D eigenvalue weighted by molar-refractivity contribution is 7.43. The van der Waals surface area contributed by atoms with E-state index >= 15 is 0 Å². The van der Waals surface area contributed by atoms with Gasteiger partial charge in [-0.15, -0.1) is 0 Å². The van der Waals surface area contributed by atoms with Crippen molar-refractivity contribution in [2.45, 2.75) is 25.9 Å². The first-order valence-corrected chi connectivity index (χ1v) is 12.8. The summed E-state index contributed by atoms with van der Waals surface area (Å²) in [4.78, 5) is 0. The van der Waals surface area contributed by atoms with Crippen LogP contribution in [0.5, 0.6) is 0 Å². The van der Waals surface area contributed by atoms with Gasteiger partial charge in [-0.05, 0) is 43.2 Å². The van der Waals surface area contributed by atoms with Crippen LogP contribution in [0.2, 0.25) is 0 Å². The van der Waals surface area contributed by atoms with Gasteiger partial charge >= 0.3 is 0 Å². The summed E-state index contributed by atoms with van der Waals surface area (Å²) in [6.45, 7) is 4.66. The lowest BCUT2D eigenvalue weighted by atomic mass is 10.1. The molecule has 2 heterocycles. The number of para-hydroxylation sites is 2. The standard InChI is InChI=1S/C30H28N3P/c1-22(24-14-6-3-7-15-24)32-29-27-20-12-13-21-28(27)31(26-18-10-5-11-19-26)30(29)33(34-32)23(2)25-16-8-4-9-17-25/h3-23,34H,1-2H3/t22-,23-/m0/s1. The van der Waals surface area contributed by atoms with Gasteiger partial charge in [0.2, 0.25) is 0 Å². The fourth-order valence-electron chi connectivity index (χ4n) is 5.03. The second-order valence-electron chi connectivity index (χ2n) is 8.87. The van der Waals surface area contributed by atoms with Crippen LogP contribution in [-0.2, 0) is 0 Å². The molecule has 0 saturated heterocycles. The molecule has 0 fully saturated rings. The molecule has 1 aromatic heterocycles. The van der Waals surface area contributed by atoms with Gasteiger partial charge in [-0.1, -0.05) is 97.1 Å². The van der Waals surface area contributed by atoms with Crippen molar-refractivity contribution in [3.8, 4) is 5.69 Å². The average Bonchev–Trinajstić information content (AvgIpc) is 3.45. The van der Waals surface area contributed by atoms with Crippen LogP contribution in [0.1, 0.15) is 37.1 Å². The zero-order chi connectivity index (χ0) is 23.1. The van der Waals surface area contributed by atoms with Crippen molar-refractivity contribution >= 4 is 31.3 Å². The van der Waals surface area contributed by atoms with Crippen LogP contribution in [0.15, 0.2) is 115 Å². The molecule has 0 spiro atoms. The van der Waals surface area contributed by atoms with Crippen LogP contribution in [0.3, 0.4) is 0 Å². The molecule has 0 radical (unpaired) electrons. The Morgan fingerprint density at radius 2 is 1.06 bits per heavy atom. The molecule has 0 aliphatic carbocycles. The number of benzene rings is 4. The first-order valence-electron chi connectivity index (χ1n) is 11.9. The molecule has 0 N–H and O–H groups in total. The molecule has 5 aromatic rings. The zero-order valence-corrected chi connectivity index (χ0v) is 20.5. The Bertz CT molecular complexity index is 1410. The molecule has 3 nitrogen and oxygen atoms in total. The molecular formula is C30H28N3P. The topological polar surface area (TPSA) is 11.4 Å². The lowest BCUT2D eigenvalue weighted by molar-refractivity contribution is 0.800. The number of hydrogen-bond donors (Lipinski definition) is 0. The molecule has 3 atom stereocenters.